The molecule has 21 heavy (non-hydrogen) atoms. The molecule has 0 aliphatic rings. The zero-order chi connectivity index (χ0) is 15.5. The molecule has 0 fully saturated rings. The molecule has 0 saturated carbocycles. The van der Waals surface area contributed by atoms with Crippen molar-refractivity contribution in [2.24, 2.45) is 0 Å². The normalized spacial score (nSPS) is 11.1. The van der Waals surface area contributed by atoms with Gasteiger partial charge < -0.3 is 19.5 Å². The zero-order valence-electron chi connectivity index (χ0n) is 13.2. The standard InChI is InChI=1S/C16H26FNO3/c1-13(2)18-12-14-6-4-7-15(17)16(14)21-9-5-8-20-11-10-19-3/h4,6-7,13,18H,5,8-12H2,1-3H3. The summed E-state index contributed by atoms with van der Waals surface area (Å²) in [7, 11) is 1.64. The molecule has 1 rings (SSSR count). The van der Waals surface area contributed by atoms with Crippen molar-refractivity contribution in [3.05, 3.63) is 29.6 Å². The molecule has 120 valence electrons. The average molecular weight is 299 g/mol. The molecule has 0 saturated heterocycles. The summed E-state index contributed by atoms with van der Waals surface area (Å²) in [5.41, 5.74) is 0.837. The first-order valence-electron chi connectivity index (χ1n) is 7.35. The van der Waals surface area contributed by atoms with E-state index >= 15 is 0 Å². The molecule has 0 aromatic heterocycles. The van der Waals surface area contributed by atoms with Gasteiger partial charge in [0.2, 0.25) is 0 Å². The highest BCUT2D eigenvalue weighted by Gasteiger charge is 2.10. The lowest BCUT2D eigenvalue weighted by molar-refractivity contribution is 0.0641. The topological polar surface area (TPSA) is 39.7 Å². The quantitative estimate of drug-likeness (QED) is 0.638. The maximum absolute atomic E-state index is 13.8. The van der Waals surface area contributed by atoms with Gasteiger partial charge in [-0.3, -0.25) is 0 Å². The van der Waals surface area contributed by atoms with Crippen LogP contribution < -0.4 is 10.1 Å². The van der Waals surface area contributed by atoms with Gasteiger partial charge in [-0.05, 0) is 6.07 Å². The number of para-hydroxylation sites is 1. The van der Waals surface area contributed by atoms with E-state index in [4.69, 9.17) is 14.2 Å². The number of benzene rings is 1. The Balaban J connectivity index is 2.38. The van der Waals surface area contributed by atoms with Gasteiger partial charge in [-0.1, -0.05) is 26.0 Å². The van der Waals surface area contributed by atoms with Gasteiger partial charge in [0.15, 0.2) is 11.6 Å². The number of halogens is 1. The van der Waals surface area contributed by atoms with Crippen LogP contribution in [0.3, 0.4) is 0 Å². The van der Waals surface area contributed by atoms with Gasteiger partial charge in [-0.2, -0.15) is 0 Å². The summed E-state index contributed by atoms with van der Waals surface area (Å²) >= 11 is 0. The van der Waals surface area contributed by atoms with E-state index in [0.717, 1.165) is 12.0 Å². The lowest BCUT2D eigenvalue weighted by atomic mass is 10.2. The molecule has 0 unspecified atom stereocenters. The van der Waals surface area contributed by atoms with Crippen LogP contribution in [0.2, 0.25) is 0 Å². The van der Waals surface area contributed by atoms with Crippen molar-refractivity contribution >= 4 is 0 Å². The Hall–Kier alpha value is -1.17. The summed E-state index contributed by atoms with van der Waals surface area (Å²) in [6.07, 6.45) is 0.717. The number of methoxy groups -OCH3 is 1. The molecule has 1 aromatic carbocycles. The van der Waals surface area contributed by atoms with Crippen LogP contribution in [0, 0.1) is 5.82 Å². The molecule has 0 spiro atoms. The molecule has 0 aliphatic carbocycles. The fraction of sp³-hybridized carbons (Fsp3) is 0.625. The number of rotatable bonds is 11. The van der Waals surface area contributed by atoms with Gasteiger partial charge in [0.1, 0.15) is 0 Å². The molecule has 0 bridgehead atoms. The minimum absolute atomic E-state index is 0.321. The van der Waals surface area contributed by atoms with E-state index in [-0.39, 0.29) is 5.82 Å². The molecule has 5 heteroatoms. The van der Waals surface area contributed by atoms with E-state index in [9.17, 15) is 4.39 Å². The van der Waals surface area contributed by atoms with Gasteiger partial charge in [-0.25, -0.2) is 4.39 Å². The summed E-state index contributed by atoms with van der Waals surface area (Å²) in [6, 6.07) is 5.34. The molecule has 0 radical (unpaired) electrons. The van der Waals surface area contributed by atoms with Crippen molar-refractivity contribution in [1.82, 2.24) is 5.32 Å². The maximum atomic E-state index is 13.8. The van der Waals surface area contributed by atoms with Gasteiger partial charge in [0, 0.05) is 38.3 Å². The number of nitrogens with one attached hydrogen (secondary N) is 1. The van der Waals surface area contributed by atoms with E-state index in [1.54, 1.807) is 13.2 Å². The highest BCUT2D eigenvalue weighted by molar-refractivity contribution is 5.34. The number of hydrogen-bond acceptors (Lipinski definition) is 4. The third-order valence-electron chi connectivity index (χ3n) is 2.86. The Morgan fingerprint density at radius 3 is 2.67 bits per heavy atom. The van der Waals surface area contributed by atoms with Crippen LogP contribution >= 0.6 is 0 Å². The van der Waals surface area contributed by atoms with Crippen molar-refractivity contribution < 1.29 is 18.6 Å². The second kappa shape index (κ2) is 10.5. The maximum Gasteiger partial charge on any atom is 0.165 e. The van der Waals surface area contributed by atoms with Crippen LogP contribution in [0.25, 0.3) is 0 Å². The SMILES string of the molecule is COCCOCCCOc1c(F)cccc1CNC(C)C. The molecule has 1 aromatic rings. The largest absolute Gasteiger partial charge is 0.490 e. The Morgan fingerprint density at radius 1 is 1.14 bits per heavy atom. The highest BCUT2D eigenvalue weighted by atomic mass is 19.1. The van der Waals surface area contributed by atoms with Crippen LogP contribution in [0.1, 0.15) is 25.8 Å². The van der Waals surface area contributed by atoms with Crippen molar-refractivity contribution in [1.29, 1.82) is 0 Å². The molecule has 0 heterocycles. The molecular formula is C16H26FNO3. The van der Waals surface area contributed by atoms with Crippen molar-refractivity contribution in [2.45, 2.75) is 32.9 Å². The Labute approximate surface area is 126 Å². The number of ether oxygens (including phenoxy) is 3. The summed E-state index contributed by atoms with van der Waals surface area (Å²) in [4.78, 5) is 0. The van der Waals surface area contributed by atoms with Crippen molar-refractivity contribution in [2.75, 3.05) is 33.5 Å². The van der Waals surface area contributed by atoms with Crippen LogP contribution in [-0.4, -0.2) is 39.6 Å². The van der Waals surface area contributed by atoms with Crippen LogP contribution in [0.15, 0.2) is 18.2 Å². The van der Waals surface area contributed by atoms with Gasteiger partial charge >= 0.3 is 0 Å². The molecule has 1 N–H and O–H groups in total. The molecule has 0 atom stereocenters. The zero-order valence-corrected chi connectivity index (χ0v) is 13.2. The average Bonchev–Trinajstić information content (AvgIpc) is 2.46. The lowest BCUT2D eigenvalue weighted by Gasteiger charge is -2.14. The third kappa shape index (κ3) is 7.41. The predicted octanol–water partition coefficient (Wildman–Crippen LogP) is 2.76. The van der Waals surface area contributed by atoms with Gasteiger partial charge in [-0.15, -0.1) is 0 Å². The third-order valence-corrected chi connectivity index (χ3v) is 2.86. The second-order valence-electron chi connectivity index (χ2n) is 5.07. The van der Waals surface area contributed by atoms with Crippen LogP contribution in [0.4, 0.5) is 4.39 Å². The van der Waals surface area contributed by atoms with E-state index in [1.807, 2.05) is 6.07 Å². The molecular weight excluding hydrogens is 273 g/mol. The fourth-order valence-corrected chi connectivity index (χ4v) is 1.75. The fourth-order valence-electron chi connectivity index (χ4n) is 1.75. The summed E-state index contributed by atoms with van der Waals surface area (Å²) < 4.78 is 29.7. The Kier molecular flexibility index (Phi) is 8.98. The first-order valence-corrected chi connectivity index (χ1v) is 7.35. The first kappa shape index (κ1) is 17.9. The smallest absolute Gasteiger partial charge is 0.165 e. The van der Waals surface area contributed by atoms with Gasteiger partial charge in [0.05, 0.1) is 19.8 Å². The minimum atomic E-state index is -0.321. The minimum Gasteiger partial charge on any atom is -0.490 e. The van der Waals surface area contributed by atoms with Crippen molar-refractivity contribution in [3.63, 3.8) is 0 Å². The Bertz CT molecular complexity index is 399. The van der Waals surface area contributed by atoms with E-state index in [2.05, 4.69) is 19.2 Å². The van der Waals surface area contributed by atoms with E-state index in [1.165, 1.54) is 6.07 Å². The molecule has 0 amide bonds. The first-order chi connectivity index (χ1) is 10.1. The van der Waals surface area contributed by atoms with Crippen LogP contribution in [-0.2, 0) is 16.0 Å². The van der Waals surface area contributed by atoms with E-state index < -0.39 is 0 Å². The Morgan fingerprint density at radius 2 is 1.95 bits per heavy atom. The van der Waals surface area contributed by atoms with Crippen LogP contribution in [0.5, 0.6) is 5.75 Å². The monoisotopic (exact) mass is 299 g/mol. The molecule has 0 aliphatic heterocycles. The number of hydrogen-bond donors (Lipinski definition) is 1. The second-order valence-corrected chi connectivity index (χ2v) is 5.07. The predicted molar refractivity (Wildman–Crippen MR) is 81.2 cm³/mol. The van der Waals surface area contributed by atoms with Gasteiger partial charge in [0.25, 0.3) is 0 Å². The van der Waals surface area contributed by atoms with E-state index in [0.29, 0.717) is 44.8 Å². The summed E-state index contributed by atoms with van der Waals surface area (Å²) in [5.74, 6) is 0.0147. The highest BCUT2D eigenvalue weighted by Crippen LogP contribution is 2.22. The summed E-state index contributed by atoms with van der Waals surface area (Å²) in [6.45, 7) is 6.86. The molecule has 4 nitrogen and oxygen atoms in total. The lowest BCUT2D eigenvalue weighted by Crippen LogP contribution is -2.22. The van der Waals surface area contributed by atoms with Crippen molar-refractivity contribution in [3.8, 4) is 5.75 Å². The summed E-state index contributed by atoms with van der Waals surface area (Å²) in [5, 5.41) is 3.27.